The largest absolute Gasteiger partial charge is 0.466 e. The third-order valence-electron chi connectivity index (χ3n) is 2.97. The zero-order chi connectivity index (χ0) is 15.1. The molecule has 0 bridgehead atoms. The van der Waals surface area contributed by atoms with E-state index >= 15 is 0 Å². The maximum Gasteiger partial charge on any atom is 0.255 e. The highest BCUT2D eigenvalue weighted by Gasteiger charge is 2.14. The highest BCUT2D eigenvalue weighted by atomic mass is 16.3. The molecule has 0 fully saturated rings. The lowest BCUT2D eigenvalue weighted by Crippen LogP contribution is -2.38. The van der Waals surface area contributed by atoms with Crippen LogP contribution in [-0.4, -0.2) is 36.1 Å². The number of aryl methyl sites for hydroxylation is 2. The highest BCUT2D eigenvalue weighted by molar-refractivity contribution is 5.97. The van der Waals surface area contributed by atoms with Crippen molar-refractivity contribution in [3.8, 4) is 0 Å². The molecule has 1 aromatic heterocycles. The molecule has 0 spiro atoms. The Bertz CT molecular complexity index is 468. The second kappa shape index (κ2) is 7.69. The standard InChI is InChI=1S/C14H22N2O4/c1-4-11(17)5-6-15-13(18)8-16-14(19)12-7-9(2)20-10(12)3/h7,11,17H,4-6,8H2,1-3H3,(H,15,18)(H,16,19). The molecule has 1 atom stereocenters. The van der Waals surface area contributed by atoms with E-state index in [9.17, 15) is 14.7 Å². The average molecular weight is 282 g/mol. The Morgan fingerprint density at radius 2 is 2.05 bits per heavy atom. The van der Waals surface area contributed by atoms with Crippen LogP contribution in [0.5, 0.6) is 0 Å². The predicted octanol–water partition coefficient (Wildman–Crippen LogP) is 0.903. The molecule has 1 aromatic rings. The number of aliphatic hydroxyl groups excluding tert-OH is 1. The number of hydrogen-bond donors (Lipinski definition) is 3. The number of carbonyl (C=O) groups is 2. The van der Waals surface area contributed by atoms with Crippen molar-refractivity contribution in [2.45, 2.75) is 39.7 Å². The molecule has 0 saturated carbocycles. The van der Waals surface area contributed by atoms with Gasteiger partial charge >= 0.3 is 0 Å². The van der Waals surface area contributed by atoms with E-state index in [2.05, 4.69) is 10.6 Å². The Hall–Kier alpha value is -1.82. The fourth-order valence-electron chi connectivity index (χ4n) is 1.76. The molecule has 0 aliphatic carbocycles. The van der Waals surface area contributed by atoms with Gasteiger partial charge in [-0.15, -0.1) is 0 Å². The average Bonchev–Trinajstić information content (AvgIpc) is 2.74. The second-order valence-electron chi connectivity index (χ2n) is 4.71. The minimum absolute atomic E-state index is 0.0925. The quantitative estimate of drug-likeness (QED) is 0.693. The van der Waals surface area contributed by atoms with Gasteiger partial charge in [-0.2, -0.15) is 0 Å². The first-order chi connectivity index (χ1) is 9.43. The lowest BCUT2D eigenvalue weighted by atomic mass is 10.2. The van der Waals surface area contributed by atoms with Crippen LogP contribution in [0, 0.1) is 13.8 Å². The van der Waals surface area contributed by atoms with Crippen molar-refractivity contribution in [3.63, 3.8) is 0 Å². The van der Waals surface area contributed by atoms with E-state index in [1.165, 1.54) is 0 Å². The summed E-state index contributed by atoms with van der Waals surface area (Å²) in [6.07, 6.45) is 0.767. The van der Waals surface area contributed by atoms with Crippen LogP contribution in [0.25, 0.3) is 0 Å². The van der Waals surface area contributed by atoms with Gasteiger partial charge in [-0.05, 0) is 32.8 Å². The second-order valence-corrected chi connectivity index (χ2v) is 4.71. The summed E-state index contributed by atoms with van der Waals surface area (Å²) < 4.78 is 5.26. The Kier molecular flexibility index (Phi) is 6.24. The molecule has 0 aromatic carbocycles. The molecule has 0 radical (unpaired) electrons. The molecule has 0 saturated heterocycles. The number of nitrogens with one attached hydrogen (secondary N) is 2. The smallest absolute Gasteiger partial charge is 0.255 e. The Morgan fingerprint density at radius 3 is 2.60 bits per heavy atom. The summed E-state index contributed by atoms with van der Waals surface area (Å²) in [6, 6.07) is 1.64. The van der Waals surface area contributed by atoms with Gasteiger partial charge in [0.1, 0.15) is 11.5 Å². The Morgan fingerprint density at radius 1 is 1.35 bits per heavy atom. The Balaban J connectivity index is 2.30. The predicted molar refractivity (Wildman–Crippen MR) is 74.4 cm³/mol. The van der Waals surface area contributed by atoms with E-state index in [-0.39, 0.29) is 18.4 Å². The number of furan rings is 1. The van der Waals surface area contributed by atoms with Crippen LogP contribution < -0.4 is 10.6 Å². The van der Waals surface area contributed by atoms with Crippen molar-refractivity contribution in [2.24, 2.45) is 0 Å². The SMILES string of the molecule is CCC(O)CCNC(=O)CNC(=O)c1cc(C)oc1C. The zero-order valence-corrected chi connectivity index (χ0v) is 12.2. The molecule has 20 heavy (non-hydrogen) atoms. The fourth-order valence-corrected chi connectivity index (χ4v) is 1.76. The first-order valence-corrected chi connectivity index (χ1v) is 6.74. The van der Waals surface area contributed by atoms with E-state index in [0.717, 1.165) is 0 Å². The van der Waals surface area contributed by atoms with Crippen LogP contribution >= 0.6 is 0 Å². The summed E-state index contributed by atoms with van der Waals surface area (Å²) in [5.41, 5.74) is 0.441. The molecule has 1 heterocycles. The maximum atomic E-state index is 11.8. The van der Waals surface area contributed by atoms with Gasteiger partial charge in [0.2, 0.25) is 5.91 Å². The van der Waals surface area contributed by atoms with Gasteiger partial charge in [0.05, 0.1) is 18.2 Å². The van der Waals surface area contributed by atoms with Crippen LogP contribution in [0.15, 0.2) is 10.5 Å². The molecule has 1 unspecified atom stereocenters. The van der Waals surface area contributed by atoms with Gasteiger partial charge in [-0.1, -0.05) is 6.92 Å². The van der Waals surface area contributed by atoms with Crippen molar-refractivity contribution < 1.29 is 19.1 Å². The molecule has 3 N–H and O–H groups in total. The number of rotatable bonds is 7. The van der Waals surface area contributed by atoms with E-state index in [1.54, 1.807) is 19.9 Å². The first kappa shape index (κ1) is 16.2. The molecule has 112 valence electrons. The molecule has 6 nitrogen and oxygen atoms in total. The van der Waals surface area contributed by atoms with Crippen molar-refractivity contribution in [2.75, 3.05) is 13.1 Å². The fraction of sp³-hybridized carbons (Fsp3) is 0.571. The summed E-state index contributed by atoms with van der Waals surface area (Å²) in [4.78, 5) is 23.3. The van der Waals surface area contributed by atoms with Gasteiger partial charge in [-0.25, -0.2) is 0 Å². The van der Waals surface area contributed by atoms with Gasteiger partial charge < -0.3 is 20.2 Å². The molecule has 2 amide bonds. The molecule has 1 rings (SSSR count). The summed E-state index contributed by atoms with van der Waals surface area (Å²) in [6.45, 7) is 5.64. The Labute approximate surface area is 118 Å². The minimum atomic E-state index is -0.401. The molecule has 0 aliphatic rings. The van der Waals surface area contributed by atoms with E-state index < -0.39 is 6.10 Å². The first-order valence-electron chi connectivity index (χ1n) is 6.74. The summed E-state index contributed by atoms with van der Waals surface area (Å²) in [7, 11) is 0. The molecular formula is C14H22N2O4. The van der Waals surface area contributed by atoms with Gasteiger partial charge in [0.25, 0.3) is 5.91 Å². The summed E-state index contributed by atoms with van der Waals surface area (Å²) in [5, 5.41) is 14.5. The van der Waals surface area contributed by atoms with Gasteiger partial charge in [0.15, 0.2) is 0 Å². The van der Waals surface area contributed by atoms with Gasteiger partial charge in [0, 0.05) is 6.54 Å². The van der Waals surface area contributed by atoms with E-state index in [1.807, 2.05) is 6.92 Å². The van der Waals surface area contributed by atoms with Crippen molar-refractivity contribution in [1.82, 2.24) is 10.6 Å². The van der Waals surface area contributed by atoms with Crippen molar-refractivity contribution >= 4 is 11.8 Å². The highest BCUT2D eigenvalue weighted by Crippen LogP contribution is 2.12. The molecule has 0 aliphatic heterocycles. The molecule has 6 heteroatoms. The summed E-state index contributed by atoms with van der Waals surface area (Å²) in [5.74, 6) is 0.583. The lowest BCUT2D eigenvalue weighted by molar-refractivity contribution is -0.120. The third-order valence-corrected chi connectivity index (χ3v) is 2.97. The number of amides is 2. The normalized spacial score (nSPS) is 12.0. The number of carbonyl (C=O) groups excluding carboxylic acids is 2. The van der Waals surface area contributed by atoms with Crippen LogP contribution in [-0.2, 0) is 4.79 Å². The number of aliphatic hydroxyl groups is 1. The minimum Gasteiger partial charge on any atom is -0.466 e. The monoisotopic (exact) mass is 282 g/mol. The van der Waals surface area contributed by atoms with Crippen molar-refractivity contribution in [1.29, 1.82) is 0 Å². The molecular weight excluding hydrogens is 260 g/mol. The van der Waals surface area contributed by atoms with Crippen LogP contribution in [0.2, 0.25) is 0 Å². The van der Waals surface area contributed by atoms with Crippen LogP contribution in [0.3, 0.4) is 0 Å². The van der Waals surface area contributed by atoms with Crippen molar-refractivity contribution in [3.05, 3.63) is 23.2 Å². The van der Waals surface area contributed by atoms with Crippen LogP contribution in [0.4, 0.5) is 0 Å². The topological polar surface area (TPSA) is 91.6 Å². The number of hydrogen-bond acceptors (Lipinski definition) is 4. The third kappa shape index (κ3) is 5.05. The van der Waals surface area contributed by atoms with Gasteiger partial charge in [-0.3, -0.25) is 9.59 Å². The van der Waals surface area contributed by atoms with E-state index in [0.29, 0.717) is 36.5 Å². The lowest BCUT2D eigenvalue weighted by Gasteiger charge is -2.09. The van der Waals surface area contributed by atoms with E-state index in [4.69, 9.17) is 4.42 Å². The maximum absolute atomic E-state index is 11.8. The zero-order valence-electron chi connectivity index (χ0n) is 12.2. The van der Waals surface area contributed by atoms with Crippen LogP contribution in [0.1, 0.15) is 41.6 Å². The summed E-state index contributed by atoms with van der Waals surface area (Å²) >= 11 is 0.